The van der Waals surface area contributed by atoms with E-state index in [2.05, 4.69) is 75.5 Å². The first-order valence-electron chi connectivity index (χ1n) is 10.3. The van der Waals surface area contributed by atoms with Gasteiger partial charge in [-0.3, -0.25) is 0 Å². The maximum atomic E-state index is 6.20. The van der Waals surface area contributed by atoms with Crippen LogP contribution in [0.25, 0.3) is 0 Å². The Morgan fingerprint density at radius 1 is 1.31 bits per heavy atom. The molecule has 1 fully saturated rings. The molecule has 0 amide bonds. The number of aryl methyl sites for hydroxylation is 1. The van der Waals surface area contributed by atoms with Crippen molar-refractivity contribution in [2.24, 2.45) is 10.4 Å². The molecule has 1 aliphatic heterocycles. The summed E-state index contributed by atoms with van der Waals surface area (Å²) in [4.78, 5) is 7.02. The molecule has 1 unspecified atom stereocenters. The van der Waals surface area contributed by atoms with Crippen molar-refractivity contribution >= 4 is 29.9 Å². The predicted octanol–water partition coefficient (Wildman–Crippen LogP) is 3.42. The maximum absolute atomic E-state index is 6.20. The molecule has 7 heteroatoms. The fourth-order valence-electron chi connectivity index (χ4n) is 3.43. The highest BCUT2D eigenvalue weighted by molar-refractivity contribution is 14.0. The van der Waals surface area contributed by atoms with Crippen LogP contribution in [-0.2, 0) is 11.3 Å². The Kier molecular flexibility index (Phi) is 11.3. The van der Waals surface area contributed by atoms with Gasteiger partial charge in [0.1, 0.15) is 11.9 Å². The van der Waals surface area contributed by atoms with Crippen molar-refractivity contribution in [1.82, 2.24) is 15.5 Å². The third kappa shape index (κ3) is 9.53. The molecular formula is C22H39IN4O2. The second-order valence-corrected chi connectivity index (χ2v) is 8.67. The van der Waals surface area contributed by atoms with Crippen LogP contribution in [0.2, 0.25) is 0 Å². The van der Waals surface area contributed by atoms with Crippen molar-refractivity contribution in [2.75, 3.05) is 46.9 Å². The smallest absolute Gasteiger partial charge is 0.191 e. The standard InChI is InChI=1S/C22H38N4O2.HI/c1-7-23-21(25-15-22(3,4)16-26(5)6)24-13-18-9-8-17(2)12-20(18)28-19-10-11-27-14-19;/h8-9,12,19H,7,10-11,13-16H2,1-6H3,(H2,23,24,25);1H. The number of benzene rings is 1. The van der Waals surface area contributed by atoms with E-state index in [-0.39, 0.29) is 35.5 Å². The third-order valence-corrected chi connectivity index (χ3v) is 4.63. The lowest BCUT2D eigenvalue weighted by molar-refractivity contribution is 0.140. The highest BCUT2D eigenvalue weighted by atomic mass is 127. The first kappa shape index (κ1) is 26.0. The summed E-state index contributed by atoms with van der Waals surface area (Å²) in [7, 11) is 4.21. The maximum Gasteiger partial charge on any atom is 0.191 e. The number of ether oxygens (including phenoxy) is 2. The number of hydrogen-bond acceptors (Lipinski definition) is 4. The molecular weight excluding hydrogens is 479 g/mol. The average Bonchev–Trinajstić information content (AvgIpc) is 3.10. The molecule has 1 atom stereocenters. The van der Waals surface area contributed by atoms with E-state index in [1.165, 1.54) is 5.56 Å². The zero-order valence-corrected chi connectivity index (χ0v) is 21.2. The molecule has 0 bridgehead atoms. The van der Waals surface area contributed by atoms with Gasteiger partial charge in [-0.25, -0.2) is 4.99 Å². The van der Waals surface area contributed by atoms with Gasteiger partial charge in [0.15, 0.2) is 5.96 Å². The van der Waals surface area contributed by atoms with Crippen LogP contribution < -0.4 is 15.4 Å². The lowest BCUT2D eigenvalue weighted by atomic mass is 9.93. The van der Waals surface area contributed by atoms with E-state index in [9.17, 15) is 0 Å². The van der Waals surface area contributed by atoms with Crippen molar-refractivity contribution in [3.05, 3.63) is 29.3 Å². The van der Waals surface area contributed by atoms with Crippen LogP contribution in [-0.4, -0.2) is 63.9 Å². The Labute approximate surface area is 193 Å². The summed E-state index contributed by atoms with van der Waals surface area (Å²) in [5, 5.41) is 6.84. The Hall–Kier alpha value is -1.06. The topological polar surface area (TPSA) is 58.1 Å². The monoisotopic (exact) mass is 518 g/mol. The zero-order valence-electron chi connectivity index (χ0n) is 18.9. The minimum absolute atomic E-state index is 0. The summed E-state index contributed by atoms with van der Waals surface area (Å²) in [6, 6.07) is 6.33. The third-order valence-electron chi connectivity index (χ3n) is 4.63. The van der Waals surface area contributed by atoms with Gasteiger partial charge >= 0.3 is 0 Å². The summed E-state index contributed by atoms with van der Waals surface area (Å²) in [6.07, 6.45) is 1.09. The summed E-state index contributed by atoms with van der Waals surface area (Å²) in [5.41, 5.74) is 2.44. The van der Waals surface area contributed by atoms with Gasteiger partial charge in [0.05, 0.1) is 19.8 Å². The molecule has 166 valence electrons. The van der Waals surface area contributed by atoms with Crippen molar-refractivity contribution in [2.45, 2.75) is 46.8 Å². The van der Waals surface area contributed by atoms with Gasteiger partial charge in [-0.05, 0) is 45.0 Å². The summed E-state index contributed by atoms with van der Waals surface area (Å²) < 4.78 is 11.6. The normalized spacial score (nSPS) is 17.2. The first-order valence-corrected chi connectivity index (χ1v) is 10.3. The van der Waals surface area contributed by atoms with E-state index in [1.807, 2.05) is 0 Å². The molecule has 2 rings (SSSR count). The van der Waals surface area contributed by atoms with E-state index in [0.717, 1.165) is 49.9 Å². The molecule has 0 saturated carbocycles. The van der Waals surface area contributed by atoms with Crippen molar-refractivity contribution in [3.8, 4) is 5.75 Å². The number of hydrogen-bond donors (Lipinski definition) is 2. The number of aliphatic imine (C=N–C) groups is 1. The van der Waals surface area contributed by atoms with Crippen LogP contribution in [0, 0.1) is 12.3 Å². The quantitative estimate of drug-likeness (QED) is 0.298. The second-order valence-electron chi connectivity index (χ2n) is 8.67. The molecule has 2 N–H and O–H groups in total. The highest BCUT2D eigenvalue weighted by Crippen LogP contribution is 2.24. The van der Waals surface area contributed by atoms with Crippen LogP contribution in [0.1, 0.15) is 38.3 Å². The van der Waals surface area contributed by atoms with Gasteiger partial charge in [0, 0.05) is 31.6 Å². The number of rotatable bonds is 9. The van der Waals surface area contributed by atoms with Crippen molar-refractivity contribution < 1.29 is 9.47 Å². The molecule has 1 aliphatic rings. The van der Waals surface area contributed by atoms with Gasteiger partial charge in [0.2, 0.25) is 0 Å². The molecule has 6 nitrogen and oxygen atoms in total. The molecule has 0 spiro atoms. The summed E-state index contributed by atoms with van der Waals surface area (Å²) in [5.74, 6) is 1.76. The number of nitrogens with zero attached hydrogens (tertiary/aromatic N) is 2. The van der Waals surface area contributed by atoms with Crippen molar-refractivity contribution in [1.29, 1.82) is 0 Å². The minimum atomic E-state index is 0. The van der Waals surface area contributed by atoms with E-state index >= 15 is 0 Å². The Morgan fingerprint density at radius 3 is 2.69 bits per heavy atom. The molecule has 1 aromatic rings. The SMILES string of the molecule is CCNC(=NCc1ccc(C)cc1OC1CCOC1)NCC(C)(C)CN(C)C.I. The van der Waals surface area contributed by atoms with E-state index in [4.69, 9.17) is 14.5 Å². The van der Waals surface area contributed by atoms with Gasteiger partial charge < -0.3 is 25.0 Å². The van der Waals surface area contributed by atoms with E-state index in [1.54, 1.807) is 0 Å². The summed E-state index contributed by atoms with van der Waals surface area (Å²) in [6.45, 7) is 13.4. The molecule has 0 aromatic heterocycles. The van der Waals surface area contributed by atoms with Crippen molar-refractivity contribution in [3.63, 3.8) is 0 Å². The van der Waals surface area contributed by atoms with Gasteiger partial charge in [0.25, 0.3) is 0 Å². The Morgan fingerprint density at radius 2 is 2.07 bits per heavy atom. The average molecular weight is 518 g/mol. The largest absolute Gasteiger partial charge is 0.488 e. The highest BCUT2D eigenvalue weighted by Gasteiger charge is 2.20. The van der Waals surface area contributed by atoms with E-state index in [0.29, 0.717) is 13.2 Å². The van der Waals surface area contributed by atoms with Crippen LogP contribution in [0.3, 0.4) is 0 Å². The predicted molar refractivity (Wildman–Crippen MR) is 132 cm³/mol. The lowest BCUT2D eigenvalue weighted by Crippen LogP contribution is -2.44. The number of guanidine groups is 1. The van der Waals surface area contributed by atoms with Crippen LogP contribution >= 0.6 is 24.0 Å². The van der Waals surface area contributed by atoms with Gasteiger partial charge in [-0.2, -0.15) is 0 Å². The molecule has 1 aromatic carbocycles. The van der Waals surface area contributed by atoms with E-state index < -0.39 is 0 Å². The molecule has 1 heterocycles. The lowest BCUT2D eigenvalue weighted by Gasteiger charge is -2.29. The second kappa shape index (κ2) is 12.6. The molecule has 29 heavy (non-hydrogen) atoms. The van der Waals surface area contributed by atoms with Crippen LogP contribution in [0.5, 0.6) is 5.75 Å². The van der Waals surface area contributed by atoms with Crippen LogP contribution in [0.4, 0.5) is 0 Å². The minimum Gasteiger partial charge on any atom is -0.488 e. The fraction of sp³-hybridized carbons (Fsp3) is 0.682. The Bertz CT molecular complexity index is 644. The Balaban J connectivity index is 0.00000420. The first-order chi connectivity index (χ1) is 13.3. The summed E-state index contributed by atoms with van der Waals surface area (Å²) >= 11 is 0. The number of halogens is 1. The van der Waals surface area contributed by atoms with Gasteiger partial charge in [-0.1, -0.05) is 26.0 Å². The molecule has 0 aliphatic carbocycles. The zero-order chi connectivity index (χ0) is 20.6. The molecule has 0 radical (unpaired) electrons. The van der Waals surface area contributed by atoms with Gasteiger partial charge in [-0.15, -0.1) is 24.0 Å². The fourth-order valence-corrected chi connectivity index (χ4v) is 3.43. The molecule has 1 saturated heterocycles. The number of nitrogens with one attached hydrogen (secondary N) is 2. The van der Waals surface area contributed by atoms with Crippen LogP contribution in [0.15, 0.2) is 23.2 Å².